The van der Waals surface area contributed by atoms with E-state index < -0.39 is 15.5 Å². The van der Waals surface area contributed by atoms with Crippen molar-refractivity contribution < 1.29 is 19.4 Å². The van der Waals surface area contributed by atoms with Crippen LogP contribution in [-0.2, 0) is 0 Å². The Kier molecular flexibility index (Phi) is 4.56. The Bertz CT molecular complexity index is 821. The van der Waals surface area contributed by atoms with Gasteiger partial charge in [0.2, 0.25) is 5.75 Å². The van der Waals surface area contributed by atoms with Gasteiger partial charge in [-0.1, -0.05) is 11.6 Å². The molecule has 2 rings (SSSR count). The molecular formula is C14H9ClN2O6. The second-order valence-electron chi connectivity index (χ2n) is 4.47. The van der Waals surface area contributed by atoms with Gasteiger partial charge in [0.05, 0.1) is 14.9 Å². The van der Waals surface area contributed by atoms with E-state index in [0.29, 0.717) is 0 Å². The maximum Gasteiger partial charge on any atom is 0.312 e. The van der Waals surface area contributed by atoms with Gasteiger partial charge in [0.15, 0.2) is 5.78 Å². The number of nitrogens with zero attached hydrogens (tertiary/aromatic N) is 2. The van der Waals surface area contributed by atoms with Crippen LogP contribution in [-0.4, -0.2) is 15.6 Å². The molecule has 0 aliphatic heterocycles. The van der Waals surface area contributed by atoms with Crippen LogP contribution in [0.3, 0.4) is 0 Å². The highest BCUT2D eigenvalue weighted by molar-refractivity contribution is 6.32. The molecule has 2 aromatic carbocycles. The van der Waals surface area contributed by atoms with Crippen LogP contribution in [0.4, 0.5) is 11.4 Å². The van der Waals surface area contributed by atoms with Crippen LogP contribution in [0.1, 0.15) is 17.3 Å². The number of halogens is 1. The first-order valence-corrected chi connectivity index (χ1v) is 6.58. The molecule has 0 spiro atoms. The first kappa shape index (κ1) is 16.4. The molecule has 0 bridgehead atoms. The summed E-state index contributed by atoms with van der Waals surface area (Å²) < 4.78 is 5.36. The van der Waals surface area contributed by atoms with Crippen LogP contribution in [0.15, 0.2) is 36.4 Å². The third kappa shape index (κ3) is 3.61. The van der Waals surface area contributed by atoms with E-state index in [1.54, 1.807) is 0 Å². The molecule has 0 amide bonds. The maximum absolute atomic E-state index is 11.3. The topological polar surface area (TPSA) is 113 Å². The van der Waals surface area contributed by atoms with Crippen LogP contribution in [0.5, 0.6) is 11.5 Å². The first-order chi connectivity index (χ1) is 10.8. The third-order valence-electron chi connectivity index (χ3n) is 2.91. The van der Waals surface area contributed by atoms with Crippen molar-refractivity contribution in [3.8, 4) is 11.5 Å². The van der Waals surface area contributed by atoms with Gasteiger partial charge >= 0.3 is 5.69 Å². The molecule has 118 valence electrons. The maximum atomic E-state index is 11.3. The summed E-state index contributed by atoms with van der Waals surface area (Å²) in [5, 5.41) is 21.7. The summed E-state index contributed by atoms with van der Waals surface area (Å²) in [5.74, 6) is -0.431. The van der Waals surface area contributed by atoms with E-state index in [4.69, 9.17) is 16.3 Å². The number of nitro groups is 2. The highest BCUT2D eigenvalue weighted by Gasteiger charge is 2.20. The number of hydrogen-bond acceptors (Lipinski definition) is 6. The quantitative estimate of drug-likeness (QED) is 0.460. The lowest BCUT2D eigenvalue weighted by Crippen LogP contribution is -1.98. The van der Waals surface area contributed by atoms with Crippen molar-refractivity contribution in [2.24, 2.45) is 0 Å². The molecule has 2 aromatic rings. The average Bonchev–Trinajstić information content (AvgIpc) is 2.48. The van der Waals surface area contributed by atoms with Crippen LogP contribution in [0.25, 0.3) is 0 Å². The number of Topliss-reactive ketones (excluding diaryl/α,β-unsaturated/α-hetero) is 1. The molecule has 9 heteroatoms. The molecule has 0 saturated heterocycles. The van der Waals surface area contributed by atoms with E-state index in [9.17, 15) is 25.0 Å². The van der Waals surface area contributed by atoms with E-state index in [2.05, 4.69) is 0 Å². The minimum Gasteiger partial charge on any atom is -0.449 e. The number of carbonyl (C=O) groups excluding carboxylic acids is 1. The standard InChI is InChI=1S/C14H9ClN2O6/c1-8(18)9-2-4-14(12(6-9)17(21)22)23-13-5-3-10(16(19)20)7-11(13)15/h2-7H,1H3. The third-order valence-corrected chi connectivity index (χ3v) is 3.20. The molecule has 0 fully saturated rings. The fourth-order valence-electron chi connectivity index (χ4n) is 1.77. The van der Waals surface area contributed by atoms with Gasteiger partial charge in [0, 0.05) is 23.8 Å². The number of hydrogen-bond donors (Lipinski definition) is 0. The zero-order chi connectivity index (χ0) is 17.1. The number of ether oxygens (including phenoxy) is 1. The van der Waals surface area contributed by atoms with Crippen molar-refractivity contribution in [1.29, 1.82) is 0 Å². The Morgan fingerprint density at radius 2 is 1.70 bits per heavy atom. The summed E-state index contributed by atoms with van der Waals surface area (Å²) in [5.41, 5.74) is -0.477. The first-order valence-electron chi connectivity index (χ1n) is 6.20. The van der Waals surface area contributed by atoms with Gasteiger partial charge in [0.1, 0.15) is 5.75 Å². The van der Waals surface area contributed by atoms with Crippen molar-refractivity contribution in [2.45, 2.75) is 6.92 Å². The van der Waals surface area contributed by atoms with Crippen LogP contribution in [0.2, 0.25) is 5.02 Å². The summed E-state index contributed by atoms with van der Waals surface area (Å²) in [4.78, 5) is 31.7. The van der Waals surface area contributed by atoms with Gasteiger partial charge in [-0.3, -0.25) is 25.0 Å². The van der Waals surface area contributed by atoms with Crippen molar-refractivity contribution in [2.75, 3.05) is 0 Å². The largest absolute Gasteiger partial charge is 0.449 e. The summed E-state index contributed by atoms with van der Waals surface area (Å²) in [6, 6.07) is 7.22. The molecule has 0 unspecified atom stereocenters. The van der Waals surface area contributed by atoms with Crippen LogP contribution >= 0.6 is 11.6 Å². The Hall–Kier alpha value is -3.00. The molecule has 0 saturated carbocycles. The molecule has 0 atom stereocenters. The monoisotopic (exact) mass is 336 g/mol. The van der Waals surface area contributed by atoms with Gasteiger partial charge in [-0.25, -0.2) is 0 Å². The zero-order valence-electron chi connectivity index (χ0n) is 11.7. The number of rotatable bonds is 5. The molecule has 0 aliphatic rings. The van der Waals surface area contributed by atoms with Gasteiger partial charge in [0.25, 0.3) is 5.69 Å². The fraction of sp³-hybridized carbons (Fsp3) is 0.0714. The summed E-state index contributed by atoms with van der Waals surface area (Å²) >= 11 is 5.88. The summed E-state index contributed by atoms with van der Waals surface area (Å²) in [6.45, 7) is 1.28. The molecule has 0 radical (unpaired) electrons. The normalized spacial score (nSPS) is 10.2. The van der Waals surface area contributed by atoms with E-state index in [1.807, 2.05) is 0 Å². The summed E-state index contributed by atoms with van der Waals surface area (Å²) in [7, 11) is 0. The lowest BCUT2D eigenvalue weighted by molar-refractivity contribution is -0.385. The Labute approximate surface area is 134 Å². The van der Waals surface area contributed by atoms with Crippen molar-refractivity contribution in [3.63, 3.8) is 0 Å². The highest BCUT2D eigenvalue weighted by atomic mass is 35.5. The van der Waals surface area contributed by atoms with Crippen molar-refractivity contribution in [1.82, 2.24) is 0 Å². The van der Waals surface area contributed by atoms with Crippen molar-refractivity contribution in [3.05, 3.63) is 67.2 Å². The fourth-order valence-corrected chi connectivity index (χ4v) is 1.98. The van der Waals surface area contributed by atoms with Crippen LogP contribution in [0, 0.1) is 20.2 Å². The number of benzene rings is 2. The number of ketones is 1. The van der Waals surface area contributed by atoms with E-state index in [0.717, 1.165) is 18.2 Å². The van der Waals surface area contributed by atoms with Gasteiger partial charge < -0.3 is 4.74 Å². The van der Waals surface area contributed by atoms with Gasteiger partial charge in [-0.05, 0) is 25.1 Å². The van der Waals surface area contributed by atoms with Gasteiger partial charge in [-0.2, -0.15) is 0 Å². The number of nitro benzene ring substituents is 2. The van der Waals surface area contributed by atoms with Gasteiger partial charge in [-0.15, -0.1) is 0 Å². The van der Waals surface area contributed by atoms with E-state index >= 15 is 0 Å². The average molecular weight is 337 g/mol. The predicted molar refractivity (Wildman–Crippen MR) is 81.3 cm³/mol. The smallest absolute Gasteiger partial charge is 0.312 e. The number of carbonyl (C=O) groups is 1. The number of non-ortho nitro benzene ring substituents is 1. The van der Waals surface area contributed by atoms with E-state index in [1.165, 1.54) is 25.1 Å². The lowest BCUT2D eigenvalue weighted by atomic mass is 10.1. The molecule has 0 aliphatic carbocycles. The molecule has 23 heavy (non-hydrogen) atoms. The van der Waals surface area contributed by atoms with Crippen molar-refractivity contribution >= 4 is 28.8 Å². The molecule has 8 nitrogen and oxygen atoms in total. The molecule has 0 heterocycles. The second-order valence-corrected chi connectivity index (χ2v) is 4.88. The summed E-state index contributed by atoms with van der Waals surface area (Å²) in [6.07, 6.45) is 0. The Balaban J connectivity index is 2.42. The lowest BCUT2D eigenvalue weighted by Gasteiger charge is -2.08. The minimum atomic E-state index is -0.693. The Morgan fingerprint density at radius 1 is 1.04 bits per heavy atom. The highest BCUT2D eigenvalue weighted by Crippen LogP contribution is 2.36. The molecule has 0 aromatic heterocycles. The van der Waals surface area contributed by atoms with E-state index in [-0.39, 0.29) is 33.6 Å². The second kappa shape index (κ2) is 6.41. The Morgan fingerprint density at radius 3 is 2.22 bits per heavy atom. The SMILES string of the molecule is CC(=O)c1ccc(Oc2ccc([N+](=O)[O-])cc2Cl)c([N+](=O)[O-])c1. The van der Waals surface area contributed by atoms with Crippen LogP contribution < -0.4 is 4.74 Å². The zero-order valence-corrected chi connectivity index (χ0v) is 12.4. The minimum absolute atomic E-state index is 0.0240. The molecule has 0 N–H and O–H groups in total. The predicted octanol–water partition coefficient (Wildman–Crippen LogP) is 4.15. The molecular weight excluding hydrogens is 328 g/mol.